The highest BCUT2D eigenvalue weighted by atomic mass is 16.1. The Morgan fingerprint density at radius 2 is 2.39 bits per heavy atom. The van der Waals surface area contributed by atoms with E-state index in [1.54, 1.807) is 12.1 Å². The lowest BCUT2D eigenvalue weighted by atomic mass is 10.1. The SMILES string of the molecule is NC(=O)c1ccc(NCCC2=CCNCC2)nc1. The highest BCUT2D eigenvalue weighted by molar-refractivity contribution is 5.92. The van der Waals surface area contributed by atoms with Crippen molar-refractivity contribution in [2.24, 2.45) is 5.73 Å². The fourth-order valence-electron chi connectivity index (χ4n) is 1.89. The van der Waals surface area contributed by atoms with Crippen LogP contribution in [0.3, 0.4) is 0 Å². The molecular formula is C13H18N4O. The van der Waals surface area contributed by atoms with Gasteiger partial charge in [-0.05, 0) is 31.5 Å². The lowest BCUT2D eigenvalue weighted by Gasteiger charge is -2.14. The minimum absolute atomic E-state index is 0.432. The standard InChI is InChI=1S/C13H18N4O/c14-13(18)11-1-2-12(17-9-11)16-8-5-10-3-6-15-7-4-10/h1-3,9,15H,4-8H2,(H2,14,18)(H,16,17). The van der Waals surface area contributed by atoms with E-state index in [0.29, 0.717) is 5.56 Å². The predicted molar refractivity (Wildman–Crippen MR) is 71.4 cm³/mol. The molecule has 2 rings (SSSR count). The number of rotatable bonds is 5. The molecular weight excluding hydrogens is 228 g/mol. The van der Waals surface area contributed by atoms with Gasteiger partial charge >= 0.3 is 0 Å². The predicted octanol–water partition coefficient (Wildman–Crippen LogP) is 0.902. The summed E-state index contributed by atoms with van der Waals surface area (Å²) in [5, 5.41) is 6.52. The summed E-state index contributed by atoms with van der Waals surface area (Å²) < 4.78 is 0. The van der Waals surface area contributed by atoms with Gasteiger partial charge in [-0.25, -0.2) is 4.98 Å². The smallest absolute Gasteiger partial charge is 0.250 e. The molecule has 2 heterocycles. The normalized spacial score (nSPS) is 15.0. The van der Waals surface area contributed by atoms with E-state index in [9.17, 15) is 4.79 Å². The van der Waals surface area contributed by atoms with E-state index in [0.717, 1.165) is 38.3 Å². The number of carbonyl (C=O) groups is 1. The van der Waals surface area contributed by atoms with Crippen LogP contribution in [-0.4, -0.2) is 30.5 Å². The van der Waals surface area contributed by atoms with Crippen molar-refractivity contribution in [3.8, 4) is 0 Å². The van der Waals surface area contributed by atoms with Crippen molar-refractivity contribution in [3.05, 3.63) is 35.5 Å². The van der Waals surface area contributed by atoms with Crippen LogP contribution in [0.15, 0.2) is 30.0 Å². The lowest BCUT2D eigenvalue weighted by Crippen LogP contribution is -2.21. The highest BCUT2D eigenvalue weighted by Crippen LogP contribution is 2.10. The molecule has 0 aromatic carbocycles. The third kappa shape index (κ3) is 3.56. The summed E-state index contributed by atoms with van der Waals surface area (Å²) in [5.74, 6) is 0.323. The Morgan fingerprint density at radius 1 is 1.50 bits per heavy atom. The van der Waals surface area contributed by atoms with Crippen LogP contribution in [0.25, 0.3) is 0 Å². The van der Waals surface area contributed by atoms with Crippen LogP contribution < -0.4 is 16.4 Å². The fraction of sp³-hybridized carbons (Fsp3) is 0.385. The van der Waals surface area contributed by atoms with Crippen molar-refractivity contribution in [2.45, 2.75) is 12.8 Å². The minimum atomic E-state index is -0.450. The Hall–Kier alpha value is -1.88. The monoisotopic (exact) mass is 246 g/mol. The van der Waals surface area contributed by atoms with Gasteiger partial charge in [0.25, 0.3) is 0 Å². The summed E-state index contributed by atoms with van der Waals surface area (Å²) in [6, 6.07) is 3.46. The molecule has 0 fully saturated rings. The summed E-state index contributed by atoms with van der Waals surface area (Å²) in [7, 11) is 0. The maximum absolute atomic E-state index is 10.9. The summed E-state index contributed by atoms with van der Waals surface area (Å²) in [6.45, 7) is 2.90. The molecule has 1 aliphatic heterocycles. The van der Waals surface area contributed by atoms with Gasteiger partial charge < -0.3 is 16.4 Å². The van der Waals surface area contributed by atoms with E-state index >= 15 is 0 Å². The zero-order chi connectivity index (χ0) is 12.8. The largest absolute Gasteiger partial charge is 0.370 e. The number of pyridine rings is 1. The number of amides is 1. The van der Waals surface area contributed by atoms with Crippen molar-refractivity contribution in [1.82, 2.24) is 10.3 Å². The number of aromatic nitrogens is 1. The zero-order valence-electron chi connectivity index (χ0n) is 10.3. The maximum Gasteiger partial charge on any atom is 0.250 e. The Balaban J connectivity index is 1.79. The van der Waals surface area contributed by atoms with Crippen LogP contribution in [0, 0.1) is 0 Å². The lowest BCUT2D eigenvalue weighted by molar-refractivity contribution is 0.1000. The summed E-state index contributed by atoms with van der Waals surface area (Å²) in [5.41, 5.74) is 7.06. The second-order valence-corrected chi connectivity index (χ2v) is 4.29. The summed E-state index contributed by atoms with van der Waals surface area (Å²) >= 11 is 0. The molecule has 1 aromatic rings. The van der Waals surface area contributed by atoms with Crippen LogP contribution in [0.1, 0.15) is 23.2 Å². The summed E-state index contributed by atoms with van der Waals surface area (Å²) in [4.78, 5) is 15.0. The van der Waals surface area contributed by atoms with Crippen LogP contribution >= 0.6 is 0 Å². The molecule has 0 atom stereocenters. The Labute approximate surface area is 106 Å². The molecule has 0 unspecified atom stereocenters. The first-order valence-corrected chi connectivity index (χ1v) is 6.14. The second-order valence-electron chi connectivity index (χ2n) is 4.29. The molecule has 0 spiro atoms. The van der Waals surface area contributed by atoms with Gasteiger partial charge in [-0.3, -0.25) is 4.79 Å². The Kier molecular flexibility index (Phi) is 4.30. The van der Waals surface area contributed by atoms with E-state index in [2.05, 4.69) is 21.7 Å². The van der Waals surface area contributed by atoms with Crippen LogP contribution in [0.2, 0.25) is 0 Å². The number of hydrogen-bond acceptors (Lipinski definition) is 4. The van der Waals surface area contributed by atoms with Gasteiger partial charge in [-0.1, -0.05) is 11.6 Å². The number of nitrogens with zero attached hydrogens (tertiary/aromatic N) is 1. The third-order valence-electron chi connectivity index (χ3n) is 2.96. The number of carbonyl (C=O) groups excluding carboxylic acids is 1. The van der Waals surface area contributed by atoms with Crippen LogP contribution in [0.4, 0.5) is 5.82 Å². The third-order valence-corrected chi connectivity index (χ3v) is 2.96. The molecule has 0 bridgehead atoms. The zero-order valence-corrected chi connectivity index (χ0v) is 10.3. The van der Waals surface area contributed by atoms with Gasteiger partial charge in [0.2, 0.25) is 5.91 Å². The second kappa shape index (κ2) is 6.16. The molecule has 5 nitrogen and oxygen atoms in total. The minimum Gasteiger partial charge on any atom is -0.370 e. The summed E-state index contributed by atoms with van der Waals surface area (Å²) in [6.07, 6.45) is 5.89. The van der Waals surface area contributed by atoms with Crippen LogP contribution in [-0.2, 0) is 0 Å². The first-order valence-electron chi connectivity index (χ1n) is 6.14. The molecule has 1 aromatic heterocycles. The topological polar surface area (TPSA) is 80.0 Å². The van der Waals surface area contributed by atoms with Crippen molar-refractivity contribution in [2.75, 3.05) is 25.0 Å². The van der Waals surface area contributed by atoms with Gasteiger partial charge in [-0.15, -0.1) is 0 Å². The Morgan fingerprint density at radius 3 is 3.00 bits per heavy atom. The van der Waals surface area contributed by atoms with Gasteiger partial charge in [-0.2, -0.15) is 0 Å². The fourth-order valence-corrected chi connectivity index (χ4v) is 1.89. The molecule has 0 saturated heterocycles. The molecule has 18 heavy (non-hydrogen) atoms. The molecule has 1 amide bonds. The number of primary amides is 1. The van der Waals surface area contributed by atoms with Crippen molar-refractivity contribution >= 4 is 11.7 Å². The Bertz CT molecular complexity index is 439. The van der Waals surface area contributed by atoms with Crippen LogP contribution in [0.5, 0.6) is 0 Å². The van der Waals surface area contributed by atoms with E-state index < -0.39 is 5.91 Å². The van der Waals surface area contributed by atoms with Gasteiger partial charge in [0.15, 0.2) is 0 Å². The number of nitrogens with one attached hydrogen (secondary N) is 2. The molecule has 96 valence electrons. The van der Waals surface area contributed by atoms with Crippen molar-refractivity contribution in [3.63, 3.8) is 0 Å². The molecule has 0 aliphatic carbocycles. The van der Waals surface area contributed by atoms with Crippen molar-refractivity contribution in [1.29, 1.82) is 0 Å². The number of anilines is 1. The average molecular weight is 246 g/mol. The van der Waals surface area contributed by atoms with E-state index in [1.807, 2.05) is 0 Å². The van der Waals surface area contributed by atoms with Gasteiger partial charge in [0, 0.05) is 19.3 Å². The molecule has 0 radical (unpaired) electrons. The van der Waals surface area contributed by atoms with E-state index in [-0.39, 0.29) is 0 Å². The molecule has 4 N–H and O–H groups in total. The average Bonchev–Trinajstić information content (AvgIpc) is 2.40. The quantitative estimate of drug-likeness (QED) is 0.674. The molecule has 1 aliphatic rings. The van der Waals surface area contributed by atoms with E-state index in [1.165, 1.54) is 11.8 Å². The maximum atomic E-state index is 10.9. The van der Waals surface area contributed by atoms with E-state index in [4.69, 9.17) is 5.73 Å². The number of hydrogen-bond donors (Lipinski definition) is 3. The number of nitrogens with two attached hydrogens (primary N) is 1. The van der Waals surface area contributed by atoms with Gasteiger partial charge in [0.1, 0.15) is 5.82 Å². The van der Waals surface area contributed by atoms with Crippen molar-refractivity contribution < 1.29 is 4.79 Å². The molecule has 5 heteroatoms. The van der Waals surface area contributed by atoms with Gasteiger partial charge in [0.05, 0.1) is 5.56 Å². The molecule has 0 saturated carbocycles. The highest BCUT2D eigenvalue weighted by Gasteiger charge is 2.03. The first kappa shape index (κ1) is 12.6. The first-order chi connectivity index (χ1) is 8.75.